The van der Waals surface area contributed by atoms with Crippen molar-refractivity contribution < 1.29 is 14.0 Å². The van der Waals surface area contributed by atoms with E-state index >= 15 is 0 Å². The molecular formula is C21H20FN5O2. The molecule has 1 aliphatic rings. The second kappa shape index (κ2) is 8.22. The molecular weight excluding hydrogens is 373 g/mol. The molecule has 4 rings (SSSR count). The van der Waals surface area contributed by atoms with Gasteiger partial charge in [0.25, 0.3) is 0 Å². The zero-order valence-corrected chi connectivity index (χ0v) is 15.7. The molecule has 2 aromatic carbocycles. The van der Waals surface area contributed by atoms with E-state index in [2.05, 4.69) is 15.4 Å². The van der Waals surface area contributed by atoms with Gasteiger partial charge in [-0.25, -0.2) is 14.1 Å². The SMILES string of the molecule is O=C(Nc1ccc(Cn2cncn2)cc1)C1CC(=O)N(Cc2ccc(F)cc2)C1. The molecule has 0 aliphatic carbocycles. The van der Waals surface area contributed by atoms with Gasteiger partial charge in [0.1, 0.15) is 18.5 Å². The van der Waals surface area contributed by atoms with Crippen molar-refractivity contribution in [3.8, 4) is 0 Å². The monoisotopic (exact) mass is 393 g/mol. The molecule has 0 saturated carbocycles. The van der Waals surface area contributed by atoms with Gasteiger partial charge in [-0.05, 0) is 35.4 Å². The number of benzene rings is 2. The summed E-state index contributed by atoms with van der Waals surface area (Å²) in [4.78, 5) is 30.4. The molecule has 7 nitrogen and oxygen atoms in total. The zero-order valence-electron chi connectivity index (χ0n) is 15.7. The van der Waals surface area contributed by atoms with Gasteiger partial charge in [0, 0.05) is 25.2 Å². The Hall–Kier alpha value is -3.55. The van der Waals surface area contributed by atoms with Crippen LogP contribution in [-0.4, -0.2) is 38.0 Å². The summed E-state index contributed by atoms with van der Waals surface area (Å²) in [7, 11) is 0. The van der Waals surface area contributed by atoms with E-state index in [0.717, 1.165) is 11.1 Å². The van der Waals surface area contributed by atoms with Crippen LogP contribution < -0.4 is 5.32 Å². The minimum Gasteiger partial charge on any atom is -0.338 e. The maximum absolute atomic E-state index is 13.0. The van der Waals surface area contributed by atoms with E-state index in [-0.39, 0.29) is 24.1 Å². The molecule has 2 heterocycles. The third-order valence-electron chi connectivity index (χ3n) is 4.90. The summed E-state index contributed by atoms with van der Waals surface area (Å²) in [6.45, 7) is 1.33. The fourth-order valence-corrected chi connectivity index (χ4v) is 3.35. The van der Waals surface area contributed by atoms with Gasteiger partial charge in [0.15, 0.2) is 0 Å². The van der Waals surface area contributed by atoms with Crippen molar-refractivity contribution in [2.24, 2.45) is 5.92 Å². The van der Waals surface area contributed by atoms with Crippen molar-refractivity contribution >= 4 is 17.5 Å². The zero-order chi connectivity index (χ0) is 20.2. The maximum Gasteiger partial charge on any atom is 0.229 e. The highest BCUT2D eigenvalue weighted by atomic mass is 19.1. The van der Waals surface area contributed by atoms with Crippen LogP contribution >= 0.6 is 0 Å². The lowest BCUT2D eigenvalue weighted by molar-refractivity contribution is -0.128. The fourth-order valence-electron chi connectivity index (χ4n) is 3.35. The molecule has 148 valence electrons. The van der Waals surface area contributed by atoms with E-state index in [1.165, 1.54) is 18.5 Å². The summed E-state index contributed by atoms with van der Waals surface area (Å²) in [6.07, 6.45) is 3.30. The van der Waals surface area contributed by atoms with Crippen LogP contribution in [0.3, 0.4) is 0 Å². The topological polar surface area (TPSA) is 80.1 Å². The Balaban J connectivity index is 1.32. The molecule has 3 aromatic rings. The van der Waals surface area contributed by atoms with Crippen molar-refractivity contribution in [2.75, 3.05) is 11.9 Å². The van der Waals surface area contributed by atoms with Gasteiger partial charge in [-0.15, -0.1) is 0 Å². The molecule has 1 N–H and O–H groups in total. The first-order chi connectivity index (χ1) is 14.1. The van der Waals surface area contributed by atoms with Gasteiger partial charge in [-0.2, -0.15) is 5.10 Å². The van der Waals surface area contributed by atoms with Gasteiger partial charge in [-0.3, -0.25) is 9.59 Å². The number of hydrogen-bond acceptors (Lipinski definition) is 4. The molecule has 1 atom stereocenters. The van der Waals surface area contributed by atoms with Crippen LogP contribution in [0.5, 0.6) is 0 Å². The number of nitrogens with zero attached hydrogens (tertiary/aromatic N) is 4. The number of rotatable bonds is 6. The highest BCUT2D eigenvalue weighted by Gasteiger charge is 2.34. The minimum absolute atomic E-state index is 0.0716. The molecule has 0 spiro atoms. The molecule has 0 bridgehead atoms. The average molecular weight is 393 g/mol. The lowest BCUT2D eigenvalue weighted by Gasteiger charge is -2.16. The normalized spacial score (nSPS) is 16.2. The number of halogens is 1. The first-order valence-electron chi connectivity index (χ1n) is 9.31. The molecule has 1 unspecified atom stereocenters. The predicted octanol–water partition coefficient (Wildman–Crippen LogP) is 2.45. The Kier molecular flexibility index (Phi) is 5.33. The number of hydrogen-bond donors (Lipinski definition) is 1. The largest absolute Gasteiger partial charge is 0.338 e. The van der Waals surface area contributed by atoms with Gasteiger partial charge >= 0.3 is 0 Å². The van der Waals surface area contributed by atoms with E-state index in [9.17, 15) is 14.0 Å². The molecule has 0 radical (unpaired) electrons. The maximum atomic E-state index is 13.0. The number of likely N-dealkylation sites (tertiary alicyclic amines) is 1. The number of amides is 2. The summed E-state index contributed by atoms with van der Waals surface area (Å²) < 4.78 is 14.7. The van der Waals surface area contributed by atoms with Gasteiger partial charge in [-0.1, -0.05) is 24.3 Å². The standard InChI is InChI=1S/C21H20FN5O2/c22-18-5-1-15(2-6-18)10-26-12-17(9-20(26)28)21(29)25-19-7-3-16(4-8-19)11-27-14-23-13-24-27/h1-8,13-14,17H,9-12H2,(H,25,29). The lowest BCUT2D eigenvalue weighted by atomic mass is 10.1. The van der Waals surface area contributed by atoms with E-state index in [1.807, 2.05) is 24.3 Å². The smallest absolute Gasteiger partial charge is 0.229 e. The number of nitrogens with one attached hydrogen (secondary N) is 1. The molecule has 1 saturated heterocycles. The summed E-state index contributed by atoms with van der Waals surface area (Å²) in [5.74, 6) is -0.967. The van der Waals surface area contributed by atoms with Crippen LogP contribution in [0.2, 0.25) is 0 Å². The second-order valence-electron chi connectivity index (χ2n) is 7.08. The van der Waals surface area contributed by atoms with Crippen LogP contribution in [0.4, 0.5) is 10.1 Å². The minimum atomic E-state index is -0.405. The predicted molar refractivity (Wildman–Crippen MR) is 104 cm³/mol. The van der Waals surface area contributed by atoms with Gasteiger partial charge < -0.3 is 10.2 Å². The second-order valence-corrected chi connectivity index (χ2v) is 7.08. The number of carbonyl (C=O) groups excluding carboxylic acids is 2. The Morgan fingerprint density at radius 3 is 2.45 bits per heavy atom. The van der Waals surface area contributed by atoms with Crippen molar-refractivity contribution in [3.63, 3.8) is 0 Å². The van der Waals surface area contributed by atoms with Crippen molar-refractivity contribution in [1.82, 2.24) is 19.7 Å². The quantitative estimate of drug-likeness (QED) is 0.698. The third kappa shape index (κ3) is 4.66. The van der Waals surface area contributed by atoms with Crippen molar-refractivity contribution in [1.29, 1.82) is 0 Å². The summed E-state index contributed by atoms with van der Waals surface area (Å²) >= 11 is 0. The van der Waals surface area contributed by atoms with Crippen LogP contribution in [0, 0.1) is 11.7 Å². The summed E-state index contributed by atoms with van der Waals surface area (Å²) in [5.41, 5.74) is 2.56. The summed E-state index contributed by atoms with van der Waals surface area (Å²) in [6, 6.07) is 13.5. The molecule has 1 aliphatic heterocycles. The Labute approximate surface area is 167 Å². The lowest BCUT2D eigenvalue weighted by Crippen LogP contribution is -2.28. The summed E-state index contributed by atoms with van der Waals surface area (Å²) in [5, 5.41) is 6.94. The van der Waals surface area contributed by atoms with Crippen LogP contribution in [0.15, 0.2) is 61.2 Å². The average Bonchev–Trinajstić information content (AvgIpc) is 3.35. The van der Waals surface area contributed by atoms with E-state index in [4.69, 9.17) is 0 Å². The van der Waals surface area contributed by atoms with Crippen molar-refractivity contribution in [3.05, 3.63) is 78.1 Å². The van der Waals surface area contributed by atoms with Crippen LogP contribution in [0.25, 0.3) is 0 Å². The van der Waals surface area contributed by atoms with E-state index in [0.29, 0.717) is 25.3 Å². The number of anilines is 1. The molecule has 8 heteroatoms. The highest BCUT2D eigenvalue weighted by Crippen LogP contribution is 2.22. The Morgan fingerprint density at radius 2 is 1.76 bits per heavy atom. The van der Waals surface area contributed by atoms with E-state index < -0.39 is 5.92 Å². The molecule has 1 aromatic heterocycles. The molecule has 1 fully saturated rings. The molecule has 29 heavy (non-hydrogen) atoms. The van der Waals surface area contributed by atoms with Gasteiger partial charge in [0.2, 0.25) is 11.8 Å². The number of aromatic nitrogens is 3. The molecule has 2 amide bonds. The van der Waals surface area contributed by atoms with E-state index in [1.54, 1.807) is 28.0 Å². The first kappa shape index (κ1) is 18.8. The van der Waals surface area contributed by atoms with Crippen molar-refractivity contribution in [2.45, 2.75) is 19.5 Å². The van der Waals surface area contributed by atoms with Crippen LogP contribution in [-0.2, 0) is 22.7 Å². The first-order valence-corrected chi connectivity index (χ1v) is 9.31. The third-order valence-corrected chi connectivity index (χ3v) is 4.90. The fraction of sp³-hybridized carbons (Fsp3) is 0.238. The van der Waals surface area contributed by atoms with Gasteiger partial charge in [0.05, 0.1) is 12.5 Å². The Bertz CT molecular complexity index is 987. The van der Waals surface area contributed by atoms with Crippen LogP contribution in [0.1, 0.15) is 17.5 Å². The Morgan fingerprint density at radius 1 is 1.07 bits per heavy atom. The highest BCUT2D eigenvalue weighted by molar-refractivity contribution is 5.97. The number of carbonyl (C=O) groups is 2.